The maximum atomic E-state index is 12.2. The largest absolute Gasteiger partial charge is 0.455 e. The van der Waals surface area contributed by atoms with Gasteiger partial charge in [-0.1, -0.05) is 0 Å². The highest BCUT2D eigenvalue weighted by Gasteiger charge is 2.51. The van der Waals surface area contributed by atoms with Gasteiger partial charge in [0.15, 0.2) is 0 Å². The van der Waals surface area contributed by atoms with E-state index in [4.69, 9.17) is 0 Å². The van der Waals surface area contributed by atoms with Crippen molar-refractivity contribution in [1.29, 1.82) is 0 Å². The van der Waals surface area contributed by atoms with E-state index in [1.165, 1.54) is 20.8 Å². The molecule has 0 aliphatic rings. The molecule has 0 amide bonds. The lowest BCUT2D eigenvalue weighted by atomic mass is 10.2. The van der Waals surface area contributed by atoms with Crippen molar-refractivity contribution in [2.45, 2.75) is 38.7 Å². The van der Waals surface area contributed by atoms with Gasteiger partial charge in [0.2, 0.25) is 0 Å². The van der Waals surface area contributed by atoms with Gasteiger partial charge < -0.3 is 4.74 Å². The van der Waals surface area contributed by atoms with E-state index >= 15 is 0 Å². The van der Waals surface area contributed by atoms with Gasteiger partial charge in [0.25, 0.3) is 0 Å². The fourth-order valence-corrected chi connectivity index (χ4v) is 0.435. The third kappa shape index (κ3) is 3.61. The molecule has 0 aliphatic heterocycles. The van der Waals surface area contributed by atoms with Gasteiger partial charge in [0.1, 0.15) is 5.60 Å². The van der Waals surface area contributed by atoms with Gasteiger partial charge in [0, 0.05) is 0 Å². The molecule has 0 rings (SSSR count). The number of hydrogen-bond acceptors (Lipinski definition) is 2. The number of alkyl halides is 4. The molecule has 0 aromatic carbocycles. The van der Waals surface area contributed by atoms with Crippen molar-refractivity contribution in [3.63, 3.8) is 0 Å². The summed E-state index contributed by atoms with van der Waals surface area (Å²) in [6.07, 6.45) is -4.04. The molecule has 0 aromatic heterocycles. The van der Waals surface area contributed by atoms with Gasteiger partial charge >= 0.3 is 18.3 Å². The molecule has 0 N–H and O–H groups in total. The molecular weight excluding hydrogens is 192 g/mol. The molecule has 0 fully saturated rings. The molecule has 0 spiro atoms. The van der Waals surface area contributed by atoms with E-state index in [-0.39, 0.29) is 0 Å². The van der Waals surface area contributed by atoms with Crippen LogP contribution in [0.5, 0.6) is 0 Å². The van der Waals surface area contributed by atoms with Gasteiger partial charge in [-0.25, -0.2) is 13.6 Å². The van der Waals surface area contributed by atoms with E-state index in [1.54, 1.807) is 0 Å². The number of rotatable bonds is 2. The standard InChI is InChI=1S/C7H10F4O2/c1-6(2,3)13-5(12)7(10,11)4(8)9/h4H,1-3H3. The van der Waals surface area contributed by atoms with Crippen LogP contribution in [0.1, 0.15) is 20.8 Å². The van der Waals surface area contributed by atoms with E-state index in [0.29, 0.717) is 0 Å². The van der Waals surface area contributed by atoms with E-state index in [1.807, 2.05) is 0 Å². The van der Waals surface area contributed by atoms with Crippen LogP contribution in [0, 0.1) is 0 Å². The van der Waals surface area contributed by atoms with Crippen LogP contribution in [-0.2, 0) is 9.53 Å². The number of halogens is 4. The van der Waals surface area contributed by atoms with E-state index in [9.17, 15) is 22.4 Å². The van der Waals surface area contributed by atoms with Crippen LogP contribution in [0.15, 0.2) is 0 Å². The van der Waals surface area contributed by atoms with Gasteiger partial charge in [-0.2, -0.15) is 8.78 Å². The summed E-state index contributed by atoms with van der Waals surface area (Å²) in [4.78, 5) is 10.5. The average molecular weight is 202 g/mol. The summed E-state index contributed by atoms with van der Waals surface area (Å²) in [5, 5.41) is 0. The zero-order valence-corrected chi connectivity index (χ0v) is 7.41. The van der Waals surface area contributed by atoms with Crippen LogP contribution in [0.2, 0.25) is 0 Å². The predicted molar refractivity (Wildman–Crippen MR) is 36.8 cm³/mol. The molecule has 13 heavy (non-hydrogen) atoms. The first-order chi connectivity index (χ1) is 5.57. The minimum Gasteiger partial charge on any atom is -0.455 e. The topological polar surface area (TPSA) is 26.3 Å². The minimum absolute atomic E-state index is 1.20. The van der Waals surface area contributed by atoms with Crippen LogP contribution in [-0.4, -0.2) is 23.9 Å². The van der Waals surface area contributed by atoms with E-state index in [0.717, 1.165) is 0 Å². The highest BCUT2D eigenvalue weighted by Crippen LogP contribution is 2.26. The Morgan fingerprint density at radius 2 is 1.62 bits per heavy atom. The Morgan fingerprint density at radius 3 is 1.85 bits per heavy atom. The smallest absolute Gasteiger partial charge is 0.401 e. The number of esters is 1. The Bertz CT molecular complexity index is 195. The zero-order valence-electron chi connectivity index (χ0n) is 7.41. The molecule has 0 aliphatic carbocycles. The Labute approximate surface area is 72.9 Å². The molecule has 0 atom stereocenters. The van der Waals surface area contributed by atoms with E-state index in [2.05, 4.69) is 4.74 Å². The van der Waals surface area contributed by atoms with Crippen LogP contribution in [0.25, 0.3) is 0 Å². The van der Waals surface area contributed by atoms with Crippen molar-refractivity contribution >= 4 is 5.97 Å². The molecule has 0 saturated carbocycles. The lowest BCUT2D eigenvalue weighted by Crippen LogP contribution is -2.41. The normalized spacial score (nSPS) is 13.2. The van der Waals surface area contributed by atoms with Crippen molar-refractivity contribution in [2.24, 2.45) is 0 Å². The van der Waals surface area contributed by atoms with Crippen molar-refractivity contribution < 1.29 is 27.1 Å². The summed E-state index contributed by atoms with van der Waals surface area (Å²) in [6.45, 7) is 3.94. The molecular formula is C7H10F4O2. The second-order valence-corrected chi connectivity index (χ2v) is 3.43. The highest BCUT2D eigenvalue weighted by molar-refractivity contribution is 5.78. The van der Waals surface area contributed by atoms with E-state index < -0.39 is 23.9 Å². The van der Waals surface area contributed by atoms with Crippen molar-refractivity contribution in [1.82, 2.24) is 0 Å². The zero-order chi connectivity index (χ0) is 10.9. The van der Waals surface area contributed by atoms with Gasteiger partial charge in [-0.05, 0) is 20.8 Å². The lowest BCUT2D eigenvalue weighted by molar-refractivity contribution is -0.204. The van der Waals surface area contributed by atoms with Crippen molar-refractivity contribution in [2.75, 3.05) is 0 Å². The third-order valence-corrected chi connectivity index (χ3v) is 0.945. The number of ether oxygens (including phenoxy) is 1. The van der Waals surface area contributed by atoms with Crippen molar-refractivity contribution in [3.8, 4) is 0 Å². The molecule has 0 unspecified atom stereocenters. The second kappa shape index (κ2) is 3.51. The fraction of sp³-hybridized carbons (Fsp3) is 0.857. The summed E-state index contributed by atoms with van der Waals surface area (Å²) < 4.78 is 51.8. The molecule has 0 saturated heterocycles. The molecule has 0 aromatic rings. The van der Waals surface area contributed by atoms with Gasteiger partial charge in [-0.15, -0.1) is 0 Å². The number of carbonyl (C=O) groups excluding carboxylic acids is 1. The fourth-order valence-electron chi connectivity index (χ4n) is 0.435. The first-order valence-corrected chi connectivity index (χ1v) is 3.47. The maximum absolute atomic E-state index is 12.2. The average Bonchev–Trinajstić information content (AvgIpc) is 1.82. The molecule has 0 radical (unpaired) electrons. The Hall–Kier alpha value is -0.810. The molecule has 0 heterocycles. The monoisotopic (exact) mass is 202 g/mol. The lowest BCUT2D eigenvalue weighted by Gasteiger charge is -2.22. The summed E-state index contributed by atoms with van der Waals surface area (Å²) >= 11 is 0. The van der Waals surface area contributed by atoms with Crippen LogP contribution in [0.4, 0.5) is 17.6 Å². The Morgan fingerprint density at radius 1 is 1.23 bits per heavy atom. The van der Waals surface area contributed by atoms with Gasteiger partial charge in [0.05, 0.1) is 0 Å². The first kappa shape index (κ1) is 12.2. The molecule has 0 bridgehead atoms. The first-order valence-electron chi connectivity index (χ1n) is 3.47. The summed E-state index contributed by atoms with van der Waals surface area (Å²) in [5.74, 6) is -6.93. The minimum atomic E-state index is -4.73. The van der Waals surface area contributed by atoms with Crippen LogP contribution in [0.3, 0.4) is 0 Å². The Kier molecular flexibility index (Phi) is 3.29. The summed E-state index contributed by atoms with van der Waals surface area (Å²) in [5.41, 5.74) is -1.20. The second-order valence-electron chi connectivity index (χ2n) is 3.43. The number of hydrogen-bond donors (Lipinski definition) is 0. The van der Waals surface area contributed by atoms with Crippen molar-refractivity contribution in [3.05, 3.63) is 0 Å². The molecule has 2 nitrogen and oxygen atoms in total. The molecule has 78 valence electrons. The SMILES string of the molecule is CC(C)(C)OC(=O)C(F)(F)C(F)F. The summed E-state index contributed by atoms with van der Waals surface area (Å²) in [7, 11) is 0. The summed E-state index contributed by atoms with van der Waals surface area (Å²) in [6, 6.07) is 0. The number of carbonyl (C=O) groups is 1. The highest BCUT2D eigenvalue weighted by atomic mass is 19.3. The Balaban J connectivity index is 4.44. The van der Waals surface area contributed by atoms with Gasteiger partial charge in [-0.3, -0.25) is 0 Å². The maximum Gasteiger partial charge on any atom is 0.401 e. The molecule has 6 heteroatoms. The van der Waals surface area contributed by atoms with Crippen LogP contribution >= 0.6 is 0 Å². The predicted octanol–water partition coefficient (Wildman–Crippen LogP) is 2.23. The quantitative estimate of drug-likeness (QED) is 0.507. The third-order valence-electron chi connectivity index (χ3n) is 0.945. The van der Waals surface area contributed by atoms with Crippen LogP contribution < -0.4 is 0 Å².